The van der Waals surface area contributed by atoms with Crippen molar-refractivity contribution in [1.29, 1.82) is 0 Å². The molecule has 1 N–H and O–H groups in total. The van der Waals surface area contributed by atoms with Gasteiger partial charge in [-0.25, -0.2) is 0 Å². The number of anilines is 1. The molecule has 0 heterocycles. The molecule has 0 radical (unpaired) electrons. The zero-order chi connectivity index (χ0) is 15.1. The summed E-state index contributed by atoms with van der Waals surface area (Å²) in [6, 6.07) is 9.06. The van der Waals surface area contributed by atoms with E-state index >= 15 is 0 Å². The minimum absolute atomic E-state index is 0.337. The summed E-state index contributed by atoms with van der Waals surface area (Å²) in [5, 5.41) is 9.89. The lowest BCUT2D eigenvalue weighted by Gasteiger charge is -2.34. The normalized spacial score (nSPS) is 13.0. The molecule has 1 aromatic carbocycles. The predicted molar refractivity (Wildman–Crippen MR) is 88.2 cm³/mol. The minimum Gasteiger partial charge on any atom is -0.388 e. The maximum atomic E-state index is 9.89. The summed E-state index contributed by atoms with van der Waals surface area (Å²) in [5.41, 5.74) is 2.30. The zero-order valence-corrected chi connectivity index (χ0v) is 13.8. The number of hydrogen-bond donors (Lipinski definition) is 1. The van der Waals surface area contributed by atoms with Gasteiger partial charge in [0.25, 0.3) is 0 Å². The van der Waals surface area contributed by atoms with Crippen LogP contribution in [0.2, 0.25) is 0 Å². The molecule has 114 valence electrons. The highest BCUT2D eigenvalue weighted by atomic mass is 16.3. The van der Waals surface area contributed by atoms with Gasteiger partial charge in [-0.3, -0.25) is 0 Å². The Kier molecular flexibility index (Phi) is 7.08. The van der Waals surface area contributed by atoms with Crippen molar-refractivity contribution < 1.29 is 5.11 Å². The van der Waals surface area contributed by atoms with E-state index in [4.69, 9.17) is 0 Å². The third kappa shape index (κ3) is 4.52. The Labute approximate surface area is 124 Å². The minimum atomic E-state index is -0.337. The molecule has 0 unspecified atom stereocenters. The van der Waals surface area contributed by atoms with E-state index in [1.807, 2.05) is 6.92 Å². The lowest BCUT2D eigenvalue weighted by atomic mass is 10.0. The van der Waals surface area contributed by atoms with Crippen LogP contribution in [0.25, 0.3) is 0 Å². The topological polar surface area (TPSA) is 23.5 Å². The van der Waals surface area contributed by atoms with Crippen LogP contribution in [-0.4, -0.2) is 17.7 Å². The highest BCUT2D eigenvalue weighted by Crippen LogP contribution is 2.25. The van der Waals surface area contributed by atoms with E-state index in [0.717, 1.165) is 18.5 Å². The van der Waals surface area contributed by atoms with Gasteiger partial charge in [0.15, 0.2) is 0 Å². The Balaban J connectivity index is 2.95. The number of benzene rings is 1. The van der Waals surface area contributed by atoms with Crippen LogP contribution in [0.1, 0.15) is 65.5 Å². The molecule has 0 saturated heterocycles. The average Bonchev–Trinajstić information content (AvgIpc) is 2.46. The van der Waals surface area contributed by atoms with E-state index < -0.39 is 0 Å². The first kappa shape index (κ1) is 17.0. The van der Waals surface area contributed by atoms with Crippen molar-refractivity contribution in [2.24, 2.45) is 5.92 Å². The van der Waals surface area contributed by atoms with Crippen LogP contribution in [-0.2, 0) is 0 Å². The molecule has 20 heavy (non-hydrogen) atoms. The van der Waals surface area contributed by atoms with Crippen LogP contribution in [0, 0.1) is 5.92 Å². The van der Waals surface area contributed by atoms with Gasteiger partial charge in [0.05, 0.1) is 6.10 Å². The maximum Gasteiger partial charge on any atom is 0.0787 e. The molecule has 0 fully saturated rings. The Bertz CT molecular complexity index is 368. The SMILES string of the molecule is CCC(CC)N(CC(C)C)c1ccc([C@H](O)CC)cc1. The Morgan fingerprint density at radius 1 is 0.950 bits per heavy atom. The standard InChI is InChI=1S/C18H31NO/c1-6-16(7-2)19(13-14(4)5)17-11-9-15(10-12-17)18(20)8-3/h9-12,14,16,18,20H,6-8,13H2,1-5H3/t18-/m1/s1. The molecule has 0 bridgehead atoms. The number of hydrogen-bond acceptors (Lipinski definition) is 2. The van der Waals surface area contributed by atoms with E-state index in [2.05, 4.69) is 56.9 Å². The predicted octanol–water partition coefficient (Wildman–Crippen LogP) is 4.78. The molecule has 0 aliphatic heterocycles. The van der Waals surface area contributed by atoms with Gasteiger partial charge in [0, 0.05) is 18.3 Å². The summed E-state index contributed by atoms with van der Waals surface area (Å²) < 4.78 is 0. The number of nitrogens with zero attached hydrogens (tertiary/aromatic N) is 1. The highest BCUT2D eigenvalue weighted by molar-refractivity contribution is 5.49. The molecule has 1 rings (SSSR count). The van der Waals surface area contributed by atoms with Crippen molar-refractivity contribution in [3.05, 3.63) is 29.8 Å². The van der Waals surface area contributed by atoms with Crippen LogP contribution >= 0.6 is 0 Å². The van der Waals surface area contributed by atoms with Gasteiger partial charge in [-0.15, -0.1) is 0 Å². The van der Waals surface area contributed by atoms with Gasteiger partial charge in [-0.1, -0.05) is 46.8 Å². The summed E-state index contributed by atoms with van der Waals surface area (Å²) in [5.74, 6) is 0.650. The van der Waals surface area contributed by atoms with E-state index in [0.29, 0.717) is 12.0 Å². The van der Waals surface area contributed by atoms with Gasteiger partial charge >= 0.3 is 0 Å². The van der Waals surface area contributed by atoms with E-state index in [1.165, 1.54) is 18.5 Å². The summed E-state index contributed by atoms with van der Waals surface area (Å²) in [4.78, 5) is 2.52. The maximum absolute atomic E-state index is 9.89. The molecule has 2 nitrogen and oxygen atoms in total. The molecule has 0 aromatic heterocycles. The van der Waals surface area contributed by atoms with E-state index in [1.54, 1.807) is 0 Å². The van der Waals surface area contributed by atoms with Crippen molar-refractivity contribution in [2.75, 3.05) is 11.4 Å². The number of rotatable bonds is 8. The van der Waals surface area contributed by atoms with Crippen molar-refractivity contribution in [2.45, 2.75) is 66.0 Å². The molecular weight excluding hydrogens is 246 g/mol. The summed E-state index contributed by atoms with van der Waals surface area (Å²) in [7, 11) is 0. The van der Waals surface area contributed by atoms with Crippen LogP contribution in [0.3, 0.4) is 0 Å². The smallest absolute Gasteiger partial charge is 0.0787 e. The van der Waals surface area contributed by atoms with Crippen molar-refractivity contribution >= 4 is 5.69 Å². The molecule has 0 aliphatic rings. The van der Waals surface area contributed by atoms with Gasteiger partial charge in [0.2, 0.25) is 0 Å². The fourth-order valence-corrected chi connectivity index (χ4v) is 2.71. The van der Waals surface area contributed by atoms with Gasteiger partial charge in [0.1, 0.15) is 0 Å². The van der Waals surface area contributed by atoms with Gasteiger partial charge in [-0.05, 0) is 42.9 Å². The van der Waals surface area contributed by atoms with Crippen molar-refractivity contribution in [3.63, 3.8) is 0 Å². The Morgan fingerprint density at radius 3 is 1.90 bits per heavy atom. The average molecular weight is 277 g/mol. The summed E-state index contributed by atoms with van der Waals surface area (Å²) >= 11 is 0. The Morgan fingerprint density at radius 2 is 1.50 bits per heavy atom. The molecule has 0 aliphatic carbocycles. The third-order valence-corrected chi connectivity index (χ3v) is 3.94. The second kappa shape index (κ2) is 8.31. The fourth-order valence-electron chi connectivity index (χ4n) is 2.71. The zero-order valence-electron chi connectivity index (χ0n) is 13.8. The van der Waals surface area contributed by atoms with Crippen LogP contribution in [0.15, 0.2) is 24.3 Å². The molecule has 1 aromatic rings. The second-order valence-electron chi connectivity index (χ2n) is 6.03. The first-order valence-corrected chi connectivity index (χ1v) is 8.08. The van der Waals surface area contributed by atoms with Gasteiger partial charge in [-0.2, -0.15) is 0 Å². The molecule has 0 spiro atoms. The van der Waals surface area contributed by atoms with E-state index in [-0.39, 0.29) is 6.10 Å². The number of aliphatic hydroxyl groups excluding tert-OH is 1. The lowest BCUT2D eigenvalue weighted by Crippen LogP contribution is -2.37. The molecule has 2 heteroatoms. The van der Waals surface area contributed by atoms with Crippen LogP contribution in [0.5, 0.6) is 0 Å². The van der Waals surface area contributed by atoms with Crippen LogP contribution < -0.4 is 4.90 Å². The monoisotopic (exact) mass is 277 g/mol. The molecule has 0 saturated carbocycles. The highest BCUT2D eigenvalue weighted by Gasteiger charge is 2.17. The largest absolute Gasteiger partial charge is 0.388 e. The first-order chi connectivity index (χ1) is 9.53. The van der Waals surface area contributed by atoms with E-state index in [9.17, 15) is 5.11 Å². The van der Waals surface area contributed by atoms with Crippen LogP contribution in [0.4, 0.5) is 5.69 Å². The summed E-state index contributed by atoms with van der Waals surface area (Å²) in [6.07, 6.45) is 2.77. The quantitative estimate of drug-likeness (QED) is 0.739. The van der Waals surface area contributed by atoms with Crippen molar-refractivity contribution in [3.8, 4) is 0 Å². The molecular formula is C18H31NO. The molecule has 0 amide bonds. The molecule has 1 atom stereocenters. The number of aliphatic hydroxyl groups is 1. The Hall–Kier alpha value is -1.02. The lowest BCUT2D eigenvalue weighted by molar-refractivity contribution is 0.173. The first-order valence-electron chi connectivity index (χ1n) is 8.08. The third-order valence-electron chi connectivity index (χ3n) is 3.94. The fraction of sp³-hybridized carbons (Fsp3) is 0.667. The van der Waals surface area contributed by atoms with Gasteiger partial charge < -0.3 is 10.0 Å². The summed E-state index contributed by atoms with van der Waals surface area (Å²) in [6.45, 7) is 12.2. The second-order valence-corrected chi connectivity index (χ2v) is 6.03. The van der Waals surface area contributed by atoms with Crippen molar-refractivity contribution in [1.82, 2.24) is 0 Å².